The Bertz CT molecular complexity index is 1780. The number of cyclic esters (lactones) is 1. The van der Waals surface area contributed by atoms with Gasteiger partial charge < -0.3 is 47.4 Å². The van der Waals surface area contributed by atoms with Gasteiger partial charge in [0, 0.05) is 37.3 Å². The summed E-state index contributed by atoms with van der Waals surface area (Å²) in [6.07, 6.45) is -6.12. The van der Waals surface area contributed by atoms with E-state index in [1.165, 1.54) is 28.1 Å². The van der Waals surface area contributed by atoms with Gasteiger partial charge in [-0.15, -0.1) is 0 Å². The Kier molecular flexibility index (Phi) is 8.45. The maximum Gasteiger partial charge on any atom is 0.339 e. The van der Waals surface area contributed by atoms with E-state index in [0.717, 1.165) is 6.92 Å². The van der Waals surface area contributed by atoms with Crippen LogP contribution in [0.4, 0.5) is 0 Å². The highest BCUT2D eigenvalue weighted by molar-refractivity contribution is 6.14. The first kappa shape index (κ1) is 31.7. The summed E-state index contributed by atoms with van der Waals surface area (Å²) in [6, 6.07) is 8.70. The predicted molar refractivity (Wildman–Crippen MR) is 159 cm³/mol. The molecule has 0 N–H and O–H groups in total. The van der Waals surface area contributed by atoms with E-state index in [0.29, 0.717) is 50.5 Å². The van der Waals surface area contributed by atoms with Crippen LogP contribution in [0.15, 0.2) is 30.3 Å². The molecule has 0 bridgehead atoms. The molecule has 0 aliphatic carbocycles. The van der Waals surface area contributed by atoms with Crippen LogP contribution in [0.3, 0.4) is 0 Å². The second-order valence-corrected chi connectivity index (χ2v) is 11.0. The third-order valence-corrected chi connectivity index (χ3v) is 7.94. The van der Waals surface area contributed by atoms with Gasteiger partial charge in [0.1, 0.15) is 12.4 Å². The van der Waals surface area contributed by atoms with E-state index in [9.17, 15) is 19.2 Å². The first-order valence-corrected chi connectivity index (χ1v) is 14.7. The van der Waals surface area contributed by atoms with Crippen molar-refractivity contribution in [1.82, 2.24) is 0 Å². The minimum atomic E-state index is -1.41. The minimum Gasteiger partial charge on any atom is -0.493 e. The molecular formula is C33H32O14. The second-order valence-electron chi connectivity index (χ2n) is 11.0. The van der Waals surface area contributed by atoms with Crippen LogP contribution in [0.1, 0.15) is 43.6 Å². The van der Waals surface area contributed by atoms with Crippen molar-refractivity contribution >= 4 is 34.6 Å². The van der Waals surface area contributed by atoms with Crippen LogP contribution in [0, 0.1) is 0 Å². The summed E-state index contributed by atoms with van der Waals surface area (Å²) < 4.78 is 57.2. The van der Waals surface area contributed by atoms with Crippen molar-refractivity contribution < 1.29 is 66.5 Å². The number of hydrogen-bond donors (Lipinski definition) is 0. The average molecular weight is 653 g/mol. The SMILES string of the molecule is COc1cc2c(O[C@@H]3O[C@H](C)[C@@H](OC(C)=O)[C@H](OC(C)=O)[C@H]3OC(C)=O)c3c(c(-c4ccc5c(c4)OCO5)c2cc1OC)C(=O)OC3. The Hall–Kier alpha value is -5.24. The number of hydrogen-bond acceptors (Lipinski definition) is 14. The number of carbonyl (C=O) groups is 4. The third-order valence-electron chi connectivity index (χ3n) is 7.94. The molecule has 0 spiro atoms. The first-order valence-electron chi connectivity index (χ1n) is 14.7. The molecule has 47 heavy (non-hydrogen) atoms. The third kappa shape index (κ3) is 5.80. The molecular weight excluding hydrogens is 620 g/mol. The van der Waals surface area contributed by atoms with Crippen molar-refractivity contribution in [2.45, 2.75) is 65.0 Å². The normalized spacial score (nSPS) is 22.6. The number of methoxy groups -OCH3 is 2. The standard InChI is InChI=1S/C33H32O14/c1-14-28(44-15(2)34)30(45-16(3)35)31(46-17(4)36)33(43-14)47-29-20-11-24(39-6)23(38-5)10-19(20)26(27-21(29)12-40-32(27)37)18-7-8-22-25(9-18)42-13-41-22/h7-11,14,28,30-31,33H,12-13H2,1-6H3/t14-,28-,30+,31-,33+/m1/s1. The maximum absolute atomic E-state index is 13.4. The number of esters is 4. The summed E-state index contributed by atoms with van der Waals surface area (Å²) in [4.78, 5) is 50.0. The van der Waals surface area contributed by atoms with E-state index < -0.39 is 54.6 Å². The van der Waals surface area contributed by atoms with Crippen LogP contribution in [0.25, 0.3) is 21.9 Å². The molecule has 3 aliphatic heterocycles. The summed E-state index contributed by atoms with van der Waals surface area (Å²) in [6.45, 7) is 5.02. The van der Waals surface area contributed by atoms with Crippen LogP contribution in [0.5, 0.6) is 28.7 Å². The molecule has 1 saturated heterocycles. The summed E-state index contributed by atoms with van der Waals surface area (Å²) in [5.74, 6) is -0.762. The van der Waals surface area contributed by atoms with Crippen LogP contribution >= 0.6 is 0 Å². The van der Waals surface area contributed by atoms with Gasteiger partial charge in [0.15, 0.2) is 35.2 Å². The van der Waals surface area contributed by atoms with Gasteiger partial charge in [0.2, 0.25) is 19.2 Å². The molecule has 0 amide bonds. The number of benzene rings is 3. The highest BCUT2D eigenvalue weighted by Gasteiger charge is 2.52. The predicted octanol–water partition coefficient (Wildman–Crippen LogP) is 3.84. The molecule has 3 aliphatic rings. The zero-order valence-electron chi connectivity index (χ0n) is 26.4. The lowest BCUT2D eigenvalue weighted by Gasteiger charge is -2.43. The molecule has 5 atom stereocenters. The molecule has 14 heteroatoms. The summed E-state index contributed by atoms with van der Waals surface area (Å²) in [7, 11) is 2.96. The van der Waals surface area contributed by atoms with Crippen LogP contribution in [0.2, 0.25) is 0 Å². The Balaban J connectivity index is 1.56. The second kappa shape index (κ2) is 12.5. The molecule has 14 nitrogen and oxygen atoms in total. The molecule has 3 aromatic rings. The van der Waals surface area contributed by atoms with Crippen molar-refractivity contribution in [2.24, 2.45) is 0 Å². The number of ether oxygens (including phenoxy) is 10. The first-order chi connectivity index (χ1) is 22.5. The van der Waals surface area contributed by atoms with E-state index in [1.807, 2.05) is 0 Å². The molecule has 1 fully saturated rings. The fourth-order valence-electron chi connectivity index (χ4n) is 6.08. The van der Waals surface area contributed by atoms with Gasteiger partial charge in [-0.05, 0) is 42.1 Å². The lowest BCUT2D eigenvalue weighted by molar-refractivity contribution is -0.280. The summed E-state index contributed by atoms with van der Waals surface area (Å²) in [5.41, 5.74) is 1.76. The molecule has 6 rings (SSSR count). The van der Waals surface area contributed by atoms with Crippen LogP contribution in [-0.4, -0.2) is 75.6 Å². The monoisotopic (exact) mass is 652 g/mol. The van der Waals surface area contributed by atoms with E-state index in [2.05, 4.69) is 0 Å². The number of fused-ring (bicyclic) bond motifs is 3. The molecule has 0 radical (unpaired) electrons. The smallest absolute Gasteiger partial charge is 0.339 e. The fraction of sp³-hybridized carbons (Fsp3) is 0.394. The molecule has 0 aromatic heterocycles. The van der Waals surface area contributed by atoms with Gasteiger partial charge in [0.25, 0.3) is 0 Å². The van der Waals surface area contributed by atoms with Gasteiger partial charge in [-0.25, -0.2) is 4.79 Å². The average Bonchev–Trinajstić information content (AvgIpc) is 3.65. The lowest BCUT2D eigenvalue weighted by Crippen LogP contribution is -2.62. The van der Waals surface area contributed by atoms with Crippen molar-refractivity contribution in [3.8, 4) is 39.9 Å². The molecule has 248 valence electrons. The zero-order valence-corrected chi connectivity index (χ0v) is 26.4. The minimum absolute atomic E-state index is 0.0629. The highest BCUT2D eigenvalue weighted by atomic mass is 16.7. The Morgan fingerprint density at radius 2 is 1.36 bits per heavy atom. The lowest BCUT2D eigenvalue weighted by atomic mass is 9.89. The Labute approximate surface area is 268 Å². The largest absolute Gasteiger partial charge is 0.493 e. The summed E-state index contributed by atoms with van der Waals surface area (Å²) in [5, 5.41) is 0.993. The Morgan fingerprint density at radius 1 is 0.745 bits per heavy atom. The molecule has 0 unspecified atom stereocenters. The van der Waals surface area contributed by atoms with Gasteiger partial charge >= 0.3 is 23.9 Å². The Morgan fingerprint density at radius 3 is 2.02 bits per heavy atom. The van der Waals surface area contributed by atoms with Crippen molar-refractivity contribution in [3.63, 3.8) is 0 Å². The van der Waals surface area contributed by atoms with Crippen LogP contribution in [-0.2, 0) is 44.7 Å². The number of carbonyl (C=O) groups excluding carboxylic acids is 4. The van der Waals surface area contributed by atoms with E-state index >= 15 is 0 Å². The maximum atomic E-state index is 13.4. The van der Waals surface area contributed by atoms with Gasteiger partial charge in [-0.1, -0.05) is 6.07 Å². The topological polar surface area (TPSA) is 161 Å². The van der Waals surface area contributed by atoms with Crippen molar-refractivity contribution in [2.75, 3.05) is 21.0 Å². The molecule has 3 heterocycles. The molecule has 0 saturated carbocycles. The fourth-order valence-corrected chi connectivity index (χ4v) is 6.08. The van der Waals surface area contributed by atoms with Gasteiger partial charge in [-0.3, -0.25) is 14.4 Å². The van der Waals surface area contributed by atoms with Gasteiger partial charge in [0.05, 0.1) is 25.9 Å². The van der Waals surface area contributed by atoms with Crippen LogP contribution < -0.4 is 23.7 Å². The zero-order chi connectivity index (χ0) is 33.6. The molecule has 3 aromatic carbocycles. The summed E-state index contributed by atoms with van der Waals surface area (Å²) >= 11 is 0. The van der Waals surface area contributed by atoms with E-state index in [4.69, 9.17) is 47.4 Å². The van der Waals surface area contributed by atoms with E-state index in [1.54, 1.807) is 37.3 Å². The van der Waals surface area contributed by atoms with Crippen molar-refractivity contribution in [1.29, 1.82) is 0 Å². The van der Waals surface area contributed by atoms with Gasteiger partial charge in [-0.2, -0.15) is 0 Å². The quantitative estimate of drug-likeness (QED) is 0.255. The van der Waals surface area contributed by atoms with E-state index in [-0.39, 0.29) is 24.7 Å². The highest BCUT2D eigenvalue weighted by Crippen LogP contribution is 2.50. The number of rotatable bonds is 8. The van der Waals surface area contributed by atoms with Crippen molar-refractivity contribution in [3.05, 3.63) is 41.5 Å².